The fourth-order valence-corrected chi connectivity index (χ4v) is 2.08. The first-order valence-electron chi connectivity index (χ1n) is 7.35. The maximum absolute atomic E-state index is 14.1. The van der Waals surface area contributed by atoms with Gasteiger partial charge in [0.05, 0.1) is 12.0 Å². The van der Waals surface area contributed by atoms with Crippen molar-refractivity contribution in [3.05, 3.63) is 35.1 Å². The molecule has 0 saturated carbocycles. The summed E-state index contributed by atoms with van der Waals surface area (Å²) in [6.45, 7) is 4.77. The molecule has 0 heterocycles. The van der Waals surface area contributed by atoms with Crippen LogP contribution in [0.2, 0.25) is 0 Å². The molecule has 140 valence electrons. The zero-order valence-electron chi connectivity index (χ0n) is 13.9. The van der Waals surface area contributed by atoms with Crippen LogP contribution >= 0.6 is 0 Å². The van der Waals surface area contributed by atoms with Crippen LogP contribution in [0.5, 0.6) is 0 Å². The van der Waals surface area contributed by atoms with E-state index in [0.29, 0.717) is 6.07 Å². The van der Waals surface area contributed by atoms with Gasteiger partial charge in [0, 0.05) is 6.04 Å². The highest BCUT2D eigenvalue weighted by molar-refractivity contribution is 5.71. The number of amides is 1. The van der Waals surface area contributed by atoms with Gasteiger partial charge in [0.15, 0.2) is 0 Å². The number of hydrogen-bond acceptors (Lipinski definition) is 3. The van der Waals surface area contributed by atoms with Crippen LogP contribution in [0.25, 0.3) is 0 Å². The van der Waals surface area contributed by atoms with Gasteiger partial charge in [-0.2, -0.15) is 13.2 Å². The van der Waals surface area contributed by atoms with E-state index in [4.69, 9.17) is 9.84 Å². The van der Waals surface area contributed by atoms with E-state index in [0.717, 1.165) is 12.1 Å². The highest BCUT2D eigenvalue weighted by Gasteiger charge is 2.35. The molecular weight excluding hydrogens is 346 g/mol. The Bertz CT molecular complexity index is 638. The van der Waals surface area contributed by atoms with E-state index in [2.05, 4.69) is 5.32 Å². The Morgan fingerprint density at radius 1 is 1.24 bits per heavy atom. The number of carboxylic acids is 1. The molecule has 0 unspecified atom stereocenters. The fraction of sp³-hybridized carbons (Fsp3) is 0.500. The molecule has 0 fully saturated rings. The van der Waals surface area contributed by atoms with Crippen molar-refractivity contribution in [2.75, 3.05) is 0 Å². The fourth-order valence-electron chi connectivity index (χ4n) is 2.08. The molecule has 1 rings (SSSR count). The Balaban J connectivity index is 3.00. The zero-order valence-corrected chi connectivity index (χ0v) is 13.9. The molecule has 1 aromatic carbocycles. The van der Waals surface area contributed by atoms with Crippen LogP contribution < -0.4 is 5.32 Å². The van der Waals surface area contributed by atoms with Crippen LogP contribution in [0.3, 0.4) is 0 Å². The quantitative estimate of drug-likeness (QED) is 0.779. The largest absolute Gasteiger partial charge is 0.481 e. The van der Waals surface area contributed by atoms with Gasteiger partial charge in [0.2, 0.25) is 0 Å². The van der Waals surface area contributed by atoms with Crippen LogP contribution in [0.4, 0.5) is 22.4 Å². The number of benzene rings is 1. The second kappa shape index (κ2) is 7.71. The number of aliphatic carboxylic acids is 1. The van der Waals surface area contributed by atoms with Crippen molar-refractivity contribution in [1.29, 1.82) is 0 Å². The van der Waals surface area contributed by atoms with E-state index < -0.39 is 54.1 Å². The number of carboxylic acid groups (broad SMARTS) is 1. The predicted octanol–water partition coefficient (Wildman–Crippen LogP) is 3.76. The third-order valence-electron chi connectivity index (χ3n) is 2.99. The summed E-state index contributed by atoms with van der Waals surface area (Å²) in [6.07, 6.45) is -6.84. The normalized spacial score (nSPS) is 13.2. The summed E-state index contributed by atoms with van der Waals surface area (Å²) >= 11 is 0. The van der Waals surface area contributed by atoms with Crippen molar-refractivity contribution in [1.82, 2.24) is 5.32 Å². The Morgan fingerprint density at radius 2 is 1.84 bits per heavy atom. The number of nitrogens with one attached hydrogen (secondary N) is 1. The minimum atomic E-state index is -4.87. The molecule has 1 amide bonds. The standard InChI is InChI=1S/C16H19F4NO4/c1-15(2,3)25-14(24)21-10(8-12(22)23)7-9-5-4-6-11(13(9)17)16(18,19)20/h4-6,10H,7-8H2,1-3H3,(H,21,24)(H,22,23)/t10-/m1/s1. The van der Waals surface area contributed by atoms with E-state index in [1.165, 1.54) is 0 Å². The van der Waals surface area contributed by atoms with Crippen LogP contribution in [0.15, 0.2) is 18.2 Å². The van der Waals surface area contributed by atoms with E-state index in [-0.39, 0.29) is 5.56 Å². The number of rotatable bonds is 5. The molecule has 0 saturated heterocycles. The van der Waals surface area contributed by atoms with Crippen molar-refractivity contribution in [3.8, 4) is 0 Å². The number of alkyl carbamates (subject to hydrolysis) is 1. The van der Waals surface area contributed by atoms with Gasteiger partial charge in [-0.3, -0.25) is 4.79 Å². The highest BCUT2D eigenvalue weighted by Crippen LogP contribution is 2.32. The van der Waals surface area contributed by atoms with Crippen LogP contribution in [0.1, 0.15) is 38.3 Å². The molecule has 0 aromatic heterocycles. The molecule has 9 heteroatoms. The van der Waals surface area contributed by atoms with Gasteiger partial charge >= 0.3 is 18.2 Å². The smallest absolute Gasteiger partial charge is 0.419 e. The van der Waals surface area contributed by atoms with Crippen molar-refractivity contribution >= 4 is 12.1 Å². The van der Waals surface area contributed by atoms with E-state index in [1.807, 2.05) is 0 Å². The molecule has 0 radical (unpaired) electrons. The number of carbonyl (C=O) groups excluding carboxylic acids is 1. The summed E-state index contributed by atoms with van der Waals surface area (Å²) in [7, 11) is 0. The summed E-state index contributed by atoms with van der Waals surface area (Å²) in [5, 5.41) is 11.1. The van der Waals surface area contributed by atoms with Gasteiger partial charge in [-0.25, -0.2) is 9.18 Å². The topological polar surface area (TPSA) is 75.6 Å². The van der Waals surface area contributed by atoms with Crippen molar-refractivity contribution < 1.29 is 37.0 Å². The summed E-state index contributed by atoms with van der Waals surface area (Å²) in [5.41, 5.74) is -2.65. The van der Waals surface area contributed by atoms with Crippen molar-refractivity contribution in [2.45, 2.75) is 51.4 Å². The lowest BCUT2D eigenvalue weighted by Crippen LogP contribution is -2.41. The number of hydrogen-bond donors (Lipinski definition) is 2. The first-order chi connectivity index (χ1) is 11.3. The van der Waals surface area contributed by atoms with Crippen LogP contribution in [0, 0.1) is 5.82 Å². The lowest BCUT2D eigenvalue weighted by atomic mass is 10.0. The number of alkyl halides is 3. The molecule has 0 aliphatic carbocycles. The van der Waals surface area contributed by atoms with Gasteiger partial charge in [-0.15, -0.1) is 0 Å². The predicted molar refractivity (Wildman–Crippen MR) is 80.5 cm³/mol. The maximum atomic E-state index is 14.1. The minimum Gasteiger partial charge on any atom is -0.481 e. The Hall–Kier alpha value is -2.32. The summed E-state index contributed by atoms with van der Waals surface area (Å²) < 4.78 is 57.3. The SMILES string of the molecule is CC(C)(C)OC(=O)N[C@@H](CC(=O)O)Cc1cccc(C(F)(F)F)c1F. The maximum Gasteiger partial charge on any atom is 0.419 e. The van der Waals surface area contributed by atoms with Gasteiger partial charge in [0.25, 0.3) is 0 Å². The summed E-state index contributed by atoms with van der Waals surface area (Å²) in [5.74, 6) is -2.79. The average Bonchev–Trinajstić information content (AvgIpc) is 2.36. The first kappa shape index (κ1) is 20.7. The molecule has 2 N–H and O–H groups in total. The lowest BCUT2D eigenvalue weighted by Gasteiger charge is -2.23. The Kier molecular flexibility index (Phi) is 6.39. The molecule has 5 nitrogen and oxygen atoms in total. The van der Waals surface area contributed by atoms with Gasteiger partial charge in [-0.1, -0.05) is 12.1 Å². The summed E-state index contributed by atoms with van der Waals surface area (Å²) in [6, 6.07) is 1.58. The van der Waals surface area contributed by atoms with Gasteiger partial charge < -0.3 is 15.2 Å². The molecule has 0 aliphatic rings. The van der Waals surface area contributed by atoms with Crippen LogP contribution in [-0.4, -0.2) is 28.8 Å². The molecule has 1 aromatic rings. The third kappa shape index (κ3) is 6.98. The molecular formula is C16H19F4NO4. The monoisotopic (exact) mass is 365 g/mol. The molecule has 0 bridgehead atoms. The third-order valence-corrected chi connectivity index (χ3v) is 2.99. The zero-order chi connectivity index (χ0) is 19.4. The van der Waals surface area contributed by atoms with E-state index in [1.54, 1.807) is 20.8 Å². The van der Waals surface area contributed by atoms with Crippen molar-refractivity contribution in [3.63, 3.8) is 0 Å². The molecule has 25 heavy (non-hydrogen) atoms. The van der Waals surface area contributed by atoms with E-state index >= 15 is 0 Å². The van der Waals surface area contributed by atoms with Crippen LogP contribution in [-0.2, 0) is 22.1 Å². The highest BCUT2D eigenvalue weighted by atomic mass is 19.4. The van der Waals surface area contributed by atoms with E-state index in [9.17, 15) is 27.2 Å². The molecule has 1 atom stereocenters. The van der Waals surface area contributed by atoms with Crippen molar-refractivity contribution in [2.24, 2.45) is 0 Å². The summed E-state index contributed by atoms with van der Waals surface area (Å²) in [4.78, 5) is 22.7. The van der Waals surface area contributed by atoms with Gasteiger partial charge in [0.1, 0.15) is 11.4 Å². The Labute approximate surface area is 142 Å². The number of ether oxygens (including phenoxy) is 1. The lowest BCUT2D eigenvalue weighted by molar-refractivity contribution is -0.140. The number of carbonyl (C=O) groups is 2. The molecule has 0 spiro atoms. The first-order valence-corrected chi connectivity index (χ1v) is 7.35. The van der Waals surface area contributed by atoms with Gasteiger partial charge in [-0.05, 0) is 38.8 Å². The second-order valence-electron chi connectivity index (χ2n) is 6.42. The average molecular weight is 365 g/mol. The molecule has 0 aliphatic heterocycles. The minimum absolute atomic E-state index is 0.350. The second-order valence-corrected chi connectivity index (χ2v) is 6.42. The Morgan fingerprint density at radius 3 is 2.32 bits per heavy atom. The number of halogens is 4.